The van der Waals surface area contributed by atoms with Gasteiger partial charge in [0.1, 0.15) is 6.54 Å². The maximum absolute atomic E-state index is 12.2. The molecule has 1 aliphatic rings. The lowest BCUT2D eigenvalue weighted by Crippen LogP contribution is -2.32. The molecule has 122 valence electrons. The maximum atomic E-state index is 12.2. The van der Waals surface area contributed by atoms with Crippen LogP contribution in [0.1, 0.15) is 25.3 Å². The molecule has 0 bridgehead atoms. The molecule has 1 atom stereocenters. The van der Waals surface area contributed by atoms with Gasteiger partial charge in [0.05, 0.1) is 0 Å². The van der Waals surface area contributed by atoms with Crippen LogP contribution < -0.4 is 5.32 Å². The second kappa shape index (κ2) is 6.66. The molecule has 2 aromatic rings. The largest absolute Gasteiger partial charge is 0.354 e. The Balaban J connectivity index is 1.69. The van der Waals surface area contributed by atoms with Gasteiger partial charge in [-0.05, 0) is 43.8 Å². The van der Waals surface area contributed by atoms with E-state index in [-0.39, 0.29) is 12.5 Å². The summed E-state index contributed by atoms with van der Waals surface area (Å²) < 4.78 is 2.21. The normalized spacial score (nSPS) is 15.4. The van der Waals surface area contributed by atoms with E-state index in [1.165, 1.54) is 18.4 Å². The van der Waals surface area contributed by atoms with E-state index in [0.717, 1.165) is 18.0 Å². The van der Waals surface area contributed by atoms with Crippen LogP contribution in [-0.2, 0) is 11.3 Å². The molecular weight excluding hydrogens is 308 g/mol. The molecule has 1 heterocycles. The van der Waals surface area contributed by atoms with Crippen LogP contribution in [0.5, 0.6) is 0 Å². The predicted octanol–water partition coefficient (Wildman–Crippen LogP) is 3.08. The summed E-state index contributed by atoms with van der Waals surface area (Å²) in [6.07, 6.45) is 2.59. The number of benzene rings is 1. The van der Waals surface area contributed by atoms with Gasteiger partial charge in [0.2, 0.25) is 5.91 Å². The van der Waals surface area contributed by atoms with Crippen LogP contribution in [0.15, 0.2) is 24.3 Å². The van der Waals surface area contributed by atoms with Gasteiger partial charge < -0.3 is 5.32 Å². The van der Waals surface area contributed by atoms with E-state index in [9.17, 15) is 4.79 Å². The Morgan fingerprint density at radius 2 is 2.13 bits per heavy atom. The minimum atomic E-state index is -0.0247. The molecule has 1 saturated carbocycles. The smallest absolute Gasteiger partial charge is 0.240 e. The number of hydrogen-bond donors (Lipinski definition) is 2. The van der Waals surface area contributed by atoms with Crippen molar-refractivity contribution >= 4 is 18.1 Å². The molecule has 0 saturated heterocycles. The number of H-pyrrole nitrogens is 1. The van der Waals surface area contributed by atoms with Crippen molar-refractivity contribution in [3.05, 3.63) is 34.6 Å². The van der Waals surface area contributed by atoms with Crippen molar-refractivity contribution in [2.45, 2.75) is 33.2 Å². The molecule has 0 unspecified atom stereocenters. The lowest BCUT2D eigenvalue weighted by atomic mass is 10.1. The highest BCUT2D eigenvalue weighted by Gasteiger charge is 2.27. The second-order valence-corrected chi connectivity index (χ2v) is 6.81. The van der Waals surface area contributed by atoms with Crippen LogP contribution in [-0.4, -0.2) is 27.2 Å². The standard InChI is InChI=1S/C17H22N4OS/c1-11-3-5-14(6-4-11)16-19-20-17(23)21(16)10-15(22)18-9-12(2)13-7-8-13/h3-6,12-13H,7-10H2,1-2H3,(H,18,22)(H,20,23)/t12-/m0/s1. The molecular formula is C17H22N4OS. The highest BCUT2D eigenvalue weighted by molar-refractivity contribution is 7.71. The first-order valence-corrected chi connectivity index (χ1v) is 8.44. The van der Waals surface area contributed by atoms with Crippen molar-refractivity contribution in [1.29, 1.82) is 0 Å². The monoisotopic (exact) mass is 330 g/mol. The van der Waals surface area contributed by atoms with Crippen LogP contribution in [0.3, 0.4) is 0 Å². The molecule has 3 rings (SSSR count). The van der Waals surface area contributed by atoms with Gasteiger partial charge in [0.15, 0.2) is 10.6 Å². The summed E-state index contributed by atoms with van der Waals surface area (Å²) in [5, 5.41) is 10.1. The Labute approximate surface area is 141 Å². The zero-order valence-corrected chi connectivity index (χ0v) is 14.3. The van der Waals surface area contributed by atoms with Crippen LogP contribution in [0.4, 0.5) is 0 Å². The molecule has 0 aliphatic heterocycles. The Morgan fingerprint density at radius 1 is 1.43 bits per heavy atom. The third-order valence-corrected chi connectivity index (χ3v) is 4.73. The number of amides is 1. The molecule has 23 heavy (non-hydrogen) atoms. The van der Waals surface area contributed by atoms with E-state index < -0.39 is 0 Å². The average molecular weight is 330 g/mol. The third kappa shape index (κ3) is 3.88. The van der Waals surface area contributed by atoms with Crippen molar-refractivity contribution in [2.75, 3.05) is 6.54 Å². The minimum absolute atomic E-state index is 0.0247. The van der Waals surface area contributed by atoms with Crippen molar-refractivity contribution in [2.24, 2.45) is 11.8 Å². The van der Waals surface area contributed by atoms with Crippen LogP contribution in [0.25, 0.3) is 11.4 Å². The summed E-state index contributed by atoms with van der Waals surface area (Å²) in [7, 11) is 0. The molecule has 5 nitrogen and oxygen atoms in total. The number of aromatic amines is 1. The fraction of sp³-hybridized carbons (Fsp3) is 0.471. The molecule has 1 fully saturated rings. The summed E-state index contributed by atoms with van der Waals surface area (Å²) >= 11 is 5.27. The molecule has 2 N–H and O–H groups in total. The van der Waals surface area contributed by atoms with Gasteiger partial charge >= 0.3 is 0 Å². The topological polar surface area (TPSA) is 62.7 Å². The zero-order chi connectivity index (χ0) is 16.4. The lowest BCUT2D eigenvalue weighted by molar-refractivity contribution is -0.121. The number of hydrogen-bond acceptors (Lipinski definition) is 3. The number of aromatic nitrogens is 3. The molecule has 1 aromatic carbocycles. The van der Waals surface area contributed by atoms with Gasteiger partial charge in [0.25, 0.3) is 0 Å². The number of aryl methyl sites for hydroxylation is 1. The third-order valence-electron chi connectivity index (χ3n) is 4.42. The highest BCUT2D eigenvalue weighted by atomic mass is 32.1. The Bertz CT molecular complexity index is 743. The summed E-state index contributed by atoms with van der Waals surface area (Å²) in [5.41, 5.74) is 2.13. The van der Waals surface area contributed by atoms with E-state index in [2.05, 4.69) is 22.4 Å². The molecule has 0 radical (unpaired) electrons. The molecule has 1 aromatic heterocycles. The van der Waals surface area contributed by atoms with Gasteiger partial charge in [0, 0.05) is 12.1 Å². The predicted molar refractivity (Wildman–Crippen MR) is 92.5 cm³/mol. The fourth-order valence-corrected chi connectivity index (χ4v) is 2.89. The highest BCUT2D eigenvalue weighted by Crippen LogP contribution is 2.36. The van der Waals surface area contributed by atoms with Gasteiger partial charge in [-0.15, -0.1) is 0 Å². The van der Waals surface area contributed by atoms with Gasteiger partial charge in [-0.1, -0.05) is 36.8 Å². The van der Waals surface area contributed by atoms with Gasteiger partial charge in [-0.25, -0.2) is 0 Å². The number of nitrogens with zero attached hydrogens (tertiary/aromatic N) is 2. The van der Waals surface area contributed by atoms with Gasteiger partial charge in [-0.3, -0.25) is 14.5 Å². The molecule has 1 amide bonds. The lowest BCUT2D eigenvalue weighted by Gasteiger charge is -2.12. The Hall–Kier alpha value is -1.95. The van der Waals surface area contributed by atoms with Crippen molar-refractivity contribution in [3.63, 3.8) is 0 Å². The van der Waals surface area contributed by atoms with Crippen LogP contribution in [0, 0.1) is 23.5 Å². The van der Waals surface area contributed by atoms with E-state index in [1.807, 2.05) is 31.2 Å². The number of nitrogens with one attached hydrogen (secondary N) is 2. The van der Waals surface area contributed by atoms with E-state index in [4.69, 9.17) is 12.2 Å². The summed E-state index contributed by atoms with van der Waals surface area (Å²) in [4.78, 5) is 12.2. The maximum Gasteiger partial charge on any atom is 0.240 e. The van der Waals surface area contributed by atoms with E-state index in [0.29, 0.717) is 16.5 Å². The summed E-state index contributed by atoms with van der Waals surface area (Å²) in [5.74, 6) is 2.01. The van der Waals surface area contributed by atoms with Crippen molar-refractivity contribution in [3.8, 4) is 11.4 Å². The van der Waals surface area contributed by atoms with Crippen molar-refractivity contribution < 1.29 is 4.79 Å². The van der Waals surface area contributed by atoms with Crippen LogP contribution >= 0.6 is 12.2 Å². The first-order chi connectivity index (χ1) is 11.0. The first kappa shape index (κ1) is 15.9. The molecule has 0 spiro atoms. The minimum Gasteiger partial charge on any atom is -0.354 e. The fourth-order valence-electron chi connectivity index (χ4n) is 2.69. The Morgan fingerprint density at radius 3 is 2.78 bits per heavy atom. The van der Waals surface area contributed by atoms with Gasteiger partial charge in [-0.2, -0.15) is 5.10 Å². The van der Waals surface area contributed by atoms with E-state index in [1.54, 1.807) is 4.57 Å². The summed E-state index contributed by atoms with van der Waals surface area (Å²) in [6.45, 7) is 5.15. The quantitative estimate of drug-likeness (QED) is 0.800. The SMILES string of the molecule is Cc1ccc(-c2n[nH]c(=S)n2CC(=O)NC[C@H](C)C2CC2)cc1. The molecule has 6 heteroatoms. The van der Waals surface area contributed by atoms with Crippen LogP contribution in [0.2, 0.25) is 0 Å². The van der Waals surface area contributed by atoms with Crippen molar-refractivity contribution in [1.82, 2.24) is 20.1 Å². The number of carbonyl (C=O) groups is 1. The first-order valence-electron chi connectivity index (χ1n) is 8.03. The van der Waals surface area contributed by atoms with E-state index >= 15 is 0 Å². The number of rotatable bonds is 6. The Kier molecular flexibility index (Phi) is 4.61. The summed E-state index contributed by atoms with van der Waals surface area (Å²) in [6, 6.07) is 8.03. The second-order valence-electron chi connectivity index (χ2n) is 6.42. The number of carbonyl (C=O) groups excluding carboxylic acids is 1. The molecule has 1 aliphatic carbocycles. The zero-order valence-electron chi connectivity index (χ0n) is 13.5. The average Bonchev–Trinajstić information content (AvgIpc) is 3.32.